The van der Waals surface area contributed by atoms with Gasteiger partial charge in [-0.1, -0.05) is 67.7 Å². The van der Waals surface area contributed by atoms with E-state index in [1.54, 1.807) is 6.92 Å². The van der Waals surface area contributed by atoms with Crippen LogP contribution in [-0.4, -0.2) is 78.2 Å². The van der Waals surface area contributed by atoms with E-state index in [9.17, 15) is 19.5 Å². The van der Waals surface area contributed by atoms with Crippen molar-refractivity contribution in [1.82, 2.24) is 20.0 Å². The monoisotopic (exact) mass is 520 g/mol. The van der Waals surface area contributed by atoms with Gasteiger partial charge in [-0.05, 0) is 24.5 Å². The number of unbranched alkanes of at least 4 members (excludes halogenated alkanes) is 1. The minimum absolute atomic E-state index is 0.0337. The van der Waals surface area contributed by atoms with Crippen LogP contribution in [0.3, 0.4) is 0 Å². The summed E-state index contributed by atoms with van der Waals surface area (Å²) in [6, 6.07) is 8.18. The minimum atomic E-state index is -1.11. The molecular weight excluding hydrogens is 492 g/mol. The number of hydrogen-bond acceptors (Lipinski definition) is 7. The number of thiocarbonyl (C=S) groups is 1. The molecule has 0 radical (unpaired) electrons. The lowest BCUT2D eigenvalue weighted by Crippen LogP contribution is -2.71. The summed E-state index contributed by atoms with van der Waals surface area (Å²) in [7, 11) is 0. The van der Waals surface area contributed by atoms with E-state index >= 15 is 0 Å². The molecule has 2 saturated heterocycles. The molecule has 0 bridgehead atoms. The summed E-state index contributed by atoms with van der Waals surface area (Å²) in [5, 5.41) is 12.1. The maximum atomic E-state index is 13.6. The van der Waals surface area contributed by atoms with E-state index in [1.807, 2.05) is 30.3 Å². The Balaban J connectivity index is 1.53. The highest BCUT2D eigenvalue weighted by Crippen LogP contribution is 2.40. The number of carbonyl (C=O) groups excluding carboxylic acids is 2. The smallest absolute Gasteiger partial charge is 0.352 e. The fraction of sp³-hybridized carbons (Fsp3) is 0.478. The molecule has 1 unspecified atom stereocenters. The van der Waals surface area contributed by atoms with Gasteiger partial charge in [-0.2, -0.15) is 0 Å². The predicted octanol–water partition coefficient (Wildman–Crippen LogP) is 2.84. The number of benzene rings is 1. The first kappa shape index (κ1) is 25.0. The molecule has 0 aromatic heterocycles. The van der Waals surface area contributed by atoms with Crippen LogP contribution in [-0.2, 0) is 14.4 Å². The molecule has 4 rings (SSSR count). The summed E-state index contributed by atoms with van der Waals surface area (Å²) in [6.45, 7) is 5.22. The van der Waals surface area contributed by atoms with Gasteiger partial charge < -0.3 is 15.3 Å². The molecule has 8 nitrogen and oxygen atoms in total. The first-order valence-corrected chi connectivity index (χ1v) is 13.7. The van der Waals surface area contributed by atoms with Crippen LogP contribution in [0.2, 0.25) is 0 Å². The number of amides is 2. The predicted molar refractivity (Wildman–Crippen MR) is 138 cm³/mol. The van der Waals surface area contributed by atoms with Gasteiger partial charge in [0.2, 0.25) is 5.91 Å². The van der Waals surface area contributed by atoms with Crippen molar-refractivity contribution in [3.05, 3.63) is 47.2 Å². The number of fused-ring (bicyclic) bond motifs is 1. The molecule has 2 N–H and O–H groups in total. The summed E-state index contributed by atoms with van der Waals surface area (Å²) >= 11 is 8.55. The number of nitrogens with one attached hydrogen (secondary N) is 1. The van der Waals surface area contributed by atoms with Crippen molar-refractivity contribution in [2.24, 2.45) is 0 Å². The maximum absolute atomic E-state index is 13.6. The normalized spacial score (nSPS) is 23.9. The number of carbonyl (C=O) groups is 3. The SMILES string of the molecule is CCCCN1CN(C(C(=O)N[C@@H]2C(=O)N3C(C(=O)O)=C(C)CS[C@H]23)c2ccccc2)CSC1=S. The Morgan fingerprint density at radius 1 is 1.29 bits per heavy atom. The van der Waals surface area contributed by atoms with Gasteiger partial charge in [0.1, 0.15) is 27.5 Å². The maximum Gasteiger partial charge on any atom is 0.352 e. The van der Waals surface area contributed by atoms with Crippen LogP contribution in [0.5, 0.6) is 0 Å². The average Bonchev–Trinajstić information content (AvgIpc) is 2.83. The molecule has 0 aliphatic carbocycles. The number of hydrogen-bond donors (Lipinski definition) is 2. The Morgan fingerprint density at radius 3 is 2.71 bits per heavy atom. The van der Waals surface area contributed by atoms with E-state index < -0.39 is 23.4 Å². The Hall–Kier alpha value is -2.08. The highest BCUT2D eigenvalue weighted by Gasteiger charge is 2.54. The molecule has 1 aromatic rings. The Morgan fingerprint density at radius 2 is 2.03 bits per heavy atom. The lowest BCUT2D eigenvalue weighted by Gasteiger charge is -2.49. The van der Waals surface area contributed by atoms with Gasteiger partial charge in [-0.3, -0.25) is 19.4 Å². The van der Waals surface area contributed by atoms with Crippen molar-refractivity contribution in [2.75, 3.05) is 24.8 Å². The lowest BCUT2D eigenvalue weighted by atomic mass is 10.0. The number of nitrogens with zero attached hydrogens (tertiary/aromatic N) is 3. The summed E-state index contributed by atoms with van der Waals surface area (Å²) in [5.41, 5.74) is 1.53. The van der Waals surface area contributed by atoms with Crippen molar-refractivity contribution < 1.29 is 19.5 Å². The van der Waals surface area contributed by atoms with Gasteiger partial charge in [0, 0.05) is 12.3 Å². The summed E-state index contributed by atoms with van der Waals surface area (Å²) < 4.78 is 0.837. The number of carboxylic acids is 1. The van der Waals surface area contributed by atoms with Gasteiger partial charge >= 0.3 is 5.97 Å². The summed E-state index contributed by atoms with van der Waals surface area (Å²) in [6.07, 6.45) is 2.07. The summed E-state index contributed by atoms with van der Waals surface area (Å²) in [5.74, 6) is -0.680. The minimum Gasteiger partial charge on any atom is -0.477 e. The van der Waals surface area contributed by atoms with Crippen molar-refractivity contribution in [1.29, 1.82) is 0 Å². The van der Waals surface area contributed by atoms with Crippen molar-refractivity contribution in [2.45, 2.75) is 44.1 Å². The fourth-order valence-corrected chi connectivity index (χ4v) is 6.82. The fourth-order valence-electron chi connectivity index (χ4n) is 4.39. The van der Waals surface area contributed by atoms with Crippen LogP contribution in [0, 0.1) is 0 Å². The standard InChI is InChI=1S/C23H28N4O4S3/c1-3-4-10-25-12-26(13-34-23(25)32)18(15-8-6-5-7-9-15)19(28)24-16-20(29)27-17(22(30)31)14(2)11-33-21(16)27/h5-9,16,18,21H,3-4,10-13H2,1-2H3,(H,24,28)(H,30,31)/t16-,18?,21-/m1/s1. The summed E-state index contributed by atoms with van der Waals surface area (Å²) in [4.78, 5) is 43.7. The zero-order valence-corrected chi connectivity index (χ0v) is 21.5. The van der Waals surface area contributed by atoms with Crippen LogP contribution in [0.4, 0.5) is 0 Å². The van der Waals surface area contributed by atoms with E-state index in [0.717, 1.165) is 29.3 Å². The third kappa shape index (κ3) is 4.84. The second kappa shape index (κ2) is 10.7. The number of rotatable bonds is 8. The van der Waals surface area contributed by atoms with Gasteiger partial charge in [-0.25, -0.2) is 4.79 Å². The third-order valence-corrected chi connectivity index (χ3v) is 9.14. The molecule has 2 fully saturated rings. The molecule has 0 saturated carbocycles. The zero-order chi connectivity index (χ0) is 24.4. The van der Waals surface area contributed by atoms with Crippen molar-refractivity contribution in [3.63, 3.8) is 0 Å². The van der Waals surface area contributed by atoms with Crippen LogP contribution in [0.25, 0.3) is 0 Å². The van der Waals surface area contributed by atoms with E-state index in [4.69, 9.17) is 12.2 Å². The number of carboxylic acid groups (broad SMARTS) is 1. The van der Waals surface area contributed by atoms with Gasteiger partial charge in [0.05, 0.1) is 12.5 Å². The molecule has 3 aliphatic rings. The Labute approximate surface area is 213 Å². The molecule has 2 amide bonds. The second-order valence-electron chi connectivity index (χ2n) is 8.53. The highest BCUT2D eigenvalue weighted by atomic mass is 32.2. The molecule has 1 aromatic carbocycles. The van der Waals surface area contributed by atoms with Gasteiger partial charge in [0.25, 0.3) is 5.91 Å². The van der Waals surface area contributed by atoms with Crippen LogP contribution >= 0.6 is 35.7 Å². The first-order valence-electron chi connectivity index (χ1n) is 11.2. The number of thioether (sulfide) groups is 2. The molecule has 34 heavy (non-hydrogen) atoms. The Bertz CT molecular complexity index is 1020. The van der Waals surface area contributed by atoms with E-state index in [0.29, 0.717) is 23.9 Å². The quantitative estimate of drug-likeness (QED) is 0.396. The molecule has 182 valence electrons. The molecule has 3 heterocycles. The van der Waals surface area contributed by atoms with E-state index in [-0.39, 0.29) is 17.5 Å². The second-order valence-corrected chi connectivity index (χ2v) is 11.2. The highest BCUT2D eigenvalue weighted by molar-refractivity contribution is 8.22. The van der Waals surface area contributed by atoms with Crippen LogP contribution < -0.4 is 5.32 Å². The number of aliphatic carboxylic acids is 1. The van der Waals surface area contributed by atoms with Gasteiger partial charge in [0.15, 0.2) is 0 Å². The van der Waals surface area contributed by atoms with E-state index in [1.165, 1.54) is 28.4 Å². The van der Waals surface area contributed by atoms with Crippen LogP contribution in [0.1, 0.15) is 38.3 Å². The largest absolute Gasteiger partial charge is 0.477 e. The molecular formula is C23H28N4O4S3. The zero-order valence-electron chi connectivity index (χ0n) is 19.1. The van der Waals surface area contributed by atoms with E-state index in [2.05, 4.69) is 22.0 Å². The Kier molecular flexibility index (Phi) is 7.86. The first-order chi connectivity index (χ1) is 16.3. The molecule has 3 aliphatic heterocycles. The molecule has 11 heteroatoms. The van der Waals surface area contributed by atoms with Crippen molar-refractivity contribution in [3.8, 4) is 0 Å². The van der Waals surface area contributed by atoms with Crippen molar-refractivity contribution >= 4 is 57.8 Å². The average molecular weight is 521 g/mol. The topological polar surface area (TPSA) is 93.2 Å². The molecule has 3 atom stereocenters. The lowest BCUT2D eigenvalue weighted by molar-refractivity contribution is -0.151. The number of β-lactam (4-membered cyclic amide) rings is 1. The van der Waals surface area contributed by atoms with Gasteiger partial charge in [-0.15, -0.1) is 11.8 Å². The molecule has 0 spiro atoms. The third-order valence-electron chi connectivity index (χ3n) is 6.13. The van der Waals surface area contributed by atoms with Crippen LogP contribution in [0.15, 0.2) is 41.6 Å².